The van der Waals surface area contributed by atoms with Crippen molar-refractivity contribution < 1.29 is 18.5 Å². The number of hydrogen-bond donors (Lipinski definition) is 0. The highest BCUT2D eigenvalue weighted by atomic mass is 19.1. The van der Waals surface area contributed by atoms with E-state index in [-0.39, 0.29) is 17.5 Å². The van der Waals surface area contributed by atoms with Gasteiger partial charge in [-0.2, -0.15) is 0 Å². The average Bonchev–Trinajstić information content (AvgIpc) is 3.49. The van der Waals surface area contributed by atoms with Crippen molar-refractivity contribution in [2.24, 2.45) is 0 Å². The number of nitrogens with zero attached hydrogens (tertiary/aromatic N) is 3. The molecule has 1 amide bonds. The molecule has 2 aromatic carbocycles. The summed E-state index contributed by atoms with van der Waals surface area (Å²) in [5, 5.41) is 5.16. The van der Waals surface area contributed by atoms with Crippen molar-refractivity contribution in [3.63, 3.8) is 0 Å². The van der Waals surface area contributed by atoms with Gasteiger partial charge < -0.3 is 14.3 Å². The smallest absolute Gasteiger partial charge is 0.227 e. The van der Waals surface area contributed by atoms with Crippen molar-refractivity contribution in [3.8, 4) is 0 Å². The number of anilines is 1. The SMILES string of the molecule is O=C(CCCCN1CCC(c2noc3cc(F)ccc23)CC1)c1cc2c3c(c1)CCN3C(=O)CC2. The summed E-state index contributed by atoms with van der Waals surface area (Å²) >= 11 is 0. The van der Waals surface area contributed by atoms with E-state index in [0.29, 0.717) is 24.3 Å². The Bertz CT molecular complexity index is 1290. The Kier molecular flexibility index (Phi) is 5.88. The molecule has 0 radical (unpaired) electrons. The topological polar surface area (TPSA) is 66.7 Å². The van der Waals surface area contributed by atoms with Gasteiger partial charge in [-0.05, 0) is 93.6 Å². The number of halogens is 1. The van der Waals surface area contributed by atoms with E-state index >= 15 is 0 Å². The van der Waals surface area contributed by atoms with Crippen LogP contribution in [0.4, 0.5) is 10.1 Å². The Morgan fingerprint density at radius 2 is 1.83 bits per heavy atom. The summed E-state index contributed by atoms with van der Waals surface area (Å²) in [6, 6.07) is 8.68. The number of ketones is 1. The zero-order valence-electron chi connectivity index (χ0n) is 19.9. The van der Waals surface area contributed by atoms with E-state index in [0.717, 1.165) is 98.2 Å². The number of rotatable bonds is 7. The Morgan fingerprint density at radius 3 is 2.66 bits per heavy atom. The van der Waals surface area contributed by atoms with E-state index in [1.54, 1.807) is 6.07 Å². The number of benzene rings is 2. The number of piperidine rings is 1. The maximum Gasteiger partial charge on any atom is 0.227 e. The maximum atomic E-state index is 13.4. The molecule has 1 saturated heterocycles. The number of aryl methyl sites for hydroxylation is 1. The molecular weight excluding hydrogens is 445 g/mol. The van der Waals surface area contributed by atoms with Crippen LogP contribution < -0.4 is 4.90 Å². The molecule has 3 aliphatic heterocycles. The van der Waals surface area contributed by atoms with Crippen molar-refractivity contribution in [1.29, 1.82) is 0 Å². The fourth-order valence-corrected chi connectivity index (χ4v) is 6.04. The lowest BCUT2D eigenvalue weighted by molar-refractivity contribution is -0.118. The lowest BCUT2D eigenvalue weighted by Gasteiger charge is -2.31. The van der Waals surface area contributed by atoms with Gasteiger partial charge in [0.25, 0.3) is 0 Å². The molecular formula is C28H30FN3O3. The molecule has 0 spiro atoms. The molecule has 1 aromatic heterocycles. The number of unbranched alkanes of at least 4 members (excludes halogenated alkanes) is 1. The average molecular weight is 476 g/mol. The molecule has 4 heterocycles. The van der Waals surface area contributed by atoms with E-state index in [4.69, 9.17) is 4.52 Å². The third-order valence-corrected chi connectivity index (χ3v) is 7.94. The molecule has 0 atom stereocenters. The van der Waals surface area contributed by atoms with Crippen LogP contribution in [0.15, 0.2) is 34.9 Å². The highest BCUT2D eigenvalue weighted by molar-refractivity contribution is 6.02. The molecule has 0 aliphatic carbocycles. The summed E-state index contributed by atoms with van der Waals surface area (Å²) in [7, 11) is 0. The van der Waals surface area contributed by atoms with Gasteiger partial charge in [0.05, 0.1) is 11.4 Å². The van der Waals surface area contributed by atoms with Crippen LogP contribution in [0.25, 0.3) is 11.0 Å². The molecule has 6 nitrogen and oxygen atoms in total. The first-order valence-electron chi connectivity index (χ1n) is 12.8. The third kappa shape index (κ3) is 4.27. The minimum absolute atomic E-state index is 0.212. The Hall–Kier alpha value is -3.06. The first kappa shape index (κ1) is 22.4. The van der Waals surface area contributed by atoms with Crippen molar-refractivity contribution in [2.45, 2.75) is 57.3 Å². The normalized spacial score (nSPS) is 18.4. The minimum Gasteiger partial charge on any atom is -0.356 e. The maximum absolute atomic E-state index is 13.4. The number of hydrogen-bond acceptors (Lipinski definition) is 5. The summed E-state index contributed by atoms with van der Waals surface area (Å²) in [6.07, 6.45) is 6.62. The predicted octanol–water partition coefficient (Wildman–Crippen LogP) is 5.03. The standard InChI is InChI=1S/C28H30FN3O3/c29-22-5-6-23-25(17-22)35-30-27(23)18-8-12-31(13-9-18)11-2-1-3-24(33)21-15-19-4-7-26(34)32-14-10-20(16-21)28(19)32/h5-6,15-18H,1-4,7-14H2. The summed E-state index contributed by atoms with van der Waals surface area (Å²) < 4.78 is 18.8. The van der Waals surface area contributed by atoms with E-state index in [1.807, 2.05) is 17.0 Å². The van der Waals surface area contributed by atoms with Crippen molar-refractivity contribution >= 4 is 28.3 Å². The molecule has 0 bridgehead atoms. The van der Waals surface area contributed by atoms with Crippen molar-refractivity contribution in [1.82, 2.24) is 10.1 Å². The van der Waals surface area contributed by atoms with Crippen LogP contribution >= 0.6 is 0 Å². The number of Topliss-reactive ketones (excluding diaryl/α,β-unsaturated/α-hetero) is 1. The fraction of sp³-hybridized carbons (Fsp3) is 0.464. The Labute approximate surface area is 204 Å². The lowest BCUT2D eigenvalue weighted by atomic mass is 9.91. The third-order valence-electron chi connectivity index (χ3n) is 7.94. The second-order valence-electron chi connectivity index (χ2n) is 10.1. The predicted molar refractivity (Wildman–Crippen MR) is 131 cm³/mol. The summed E-state index contributed by atoms with van der Waals surface area (Å²) in [5.41, 5.74) is 5.68. The van der Waals surface area contributed by atoms with E-state index in [9.17, 15) is 14.0 Å². The number of aromatic nitrogens is 1. The molecule has 0 saturated carbocycles. The molecule has 1 fully saturated rings. The Balaban J connectivity index is 0.980. The summed E-state index contributed by atoms with van der Waals surface area (Å²) in [5.74, 6) is 0.464. The zero-order chi connectivity index (χ0) is 23.9. The molecule has 3 aromatic rings. The lowest BCUT2D eigenvalue weighted by Crippen LogP contribution is -2.33. The molecule has 0 unspecified atom stereocenters. The fourth-order valence-electron chi connectivity index (χ4n) is 6.04. The van der Waals surface area contributed by atoms with Gasteiger partial charge in [-0.1, -0.05) is 5.16 Å². The molecule has 7 heteroatoms. The van der Waals surface area contributed by atoms with Crippen LogP contribution in [-0.2, 0) is 17.6 Å². The number of likely N-dealkylation sites (tertiary alicyclic amines) is 1. The number of carbonyl (C=O) groups excluding carboxylic acids is 2. The van der Waals surface area contributed by atoms with Gasteiger partial charge in [-0.3, -0.25) is 9.59 Å². The largest absolute Gasteiger partial charge is 0.356 e. The van der Waals surface area contributed by atoms with Gasteiger partial charge in [0.15, 0.2) is 11.4 Å². The van der Waals surface area contributed by atoms with Crippen molar-refractivity contribution in [2.75, 3.05) is 31.1 Å². The summed E-state index contributed by atoms with van der Waals surface area (Å²) in [6.45, 7) is 3.74. The van der Waals surface area contributed by atoms with E-state index < -0.39 is 0 Å². The van der Waals surface area contributed by atoms with Crippen molar-refractivity contribution in [3.05, 3.63) is 58.5 Å². The molecule has 35 heavy (non-hydrogen) atoms. The molecule has 0 N–H and O–H groups in total. The molecule has 6 rings (SSSR count). The second kappa shape index (κ2) is 9.19. The number of amides is 1. The van der Waals surface area contributed by atoms with Crippen LogP contribution in [0.5, 0.6) is 0 Å². The van der Waals surface area contributed by atoms with Gasteiger partial charge >= 0.3 is 0 Å². The molecule has 3 aliphatic rings. The first-order chi connectivity index (χ1) is 17.1. The van der Waals surface area contributed by atoms with Crippen LogP contribution in [0.3, 0.4) is 0 Å². The van der Waals surface area contributed by atoms with Gasteiger partial charge in [0.1, 0.15) is 5.82 Å². The minimum atomic E-state index is -0.303. The first-order valence-corrected chi connectivity index (χ1v) is 12.8. The quantitative estimate of drug-likeness (QED) is 0.354. The van der Waals surface area contributed by atoms with Crippen LogP contribution in [-0.4, -0.2) is 47.9 Å². The van der Waals surface area contributed by atoms with Crippen LogP contribution in [0.1, 0.15) is 71.6 Å². The van der Waals surface area contributed by atoms with E-state index in [2.05, 4.69) is 10.1 Å². The van der Waals surface area contributed by atoms with Crippen LogP contribution in [0, 0.1) is 5.82 Å². The summed E-state index contributed by atoms with van der Waals surface area (Å²) in [4.78, 5) is 29.4. The zero-order valence-corrected chi connectivity index (χ0v) is 19.9. The van der Waals surface area contributed by atoms with Crippen LogP contribution in [0.2, 0.25) is 0 Å². The highest BCUT2D eigenvalue weighted by Gasteiger charge is 2.32. The number of fused-ring (bicyclic) bond motifs is 1. The van der Waals surface area contributed by atoms with E-state index in [1.165, 1.54) is 12.1 Å². The van der Waals surface area contributed by atoms with Gasteiger partial charge in [-0.25, -0.2) is 4.39 Å². The molecule has 182 valence electrons. The number of carbonyl (C=O) groups is 2. The van der Waals surface area contributed by atoms with Gasteiger partial charge in [0, 0.05) is 42.3 Å². The second-order valence-corrected chi connectivity index (χ2v) is 10.1. The highest BCUT2D eigenvalue weighted by Crippen LogP contribution is 2.38. The van der Waals surface area contributed by atoms with Gasteiger partial charge in [0.2, 0.25) is 5.91 Å². The Morgan fingerprint density at radius 1 is 1.03 bits per heavy atom. The monoisotopic (exact) mass is 475 g/mol. The van der Waals surface area contributed by atoms with Gasteiger partial charge in [-0.15, -0.1) is 0 Å².